The van der Waals surface area contributed by atoms with Crippen molar-refractivity contribution in [3.63, 3.8) is 0 Å². The van der Waals surface area contributed by atoms with Gasteiger partial charge >= 0.3 is 0 Å². The molecule has 2 aromatic carbocycles. The molecule has 2 aromatic rings. The molecule has 0 fully saturated rings. The Balaban J connectivity index is 3.03. The van der Waals surface area contributed by atoms with E-state index in [1.807, 2.05) is 0 Å². The van der Waals surface area contributed by atoms with E-state index in [1.54, 1.807) is 0 Å². The third kappa shape index (κ3) is 1.74. The normalized spacial score (nSPS) is 10.7. The van der Waals surface area contributed by atoms with Crippen LogP contribution in [0.25, 0.3) is 11.1 Å². The zero-order chi connectivity index (χ0) is 16.9. The molecule has 2 rings (SSSR count). The summed E-state index contributed by atoms with van der Waals surface area (Å²) >= 11 is 0. The minimum absolute atomic E-state index is 0.309. The van der Waals surface area contributed by atoms with E-state index in [0.717, 1.165) is 7.85 Å². The summed E-state index contributed by atoms with van der Waals surface area (Å²) in [5, 5.41) is 86.7. The van der Waals surface area contributed by atoms with Crippen LogP contribution in [0.4, 0.5) is 0 Å². The van der Waals surface area contributed by atoms with E-state index in [2.05, 4.69) is 0 Å². The molecule has 0 amide bonds. The average Bonchev–Trinajstić information content (AvgIpc) is 2.50. The van der Waals surface area contributed by atoms with Gasteiger partial charge < -0.3 is 46.0 Å². The van der Waals surface area contributed by atoms with Crippen LogP contribution in [0.3, 0.4) is 0 Å². The molecule has 0 atom stereocenters. The lowest BCUT2D eigenvalue weighted by Crippen LogP contribution is -2.05. The molecule has 0 aliphatic heterocycles. The zero-order valence-corrected chi connectivity index (χ0v) is 11.0. The molecule has 0 unspecified atom stereocenters. The summed E-state index contributed by atoms with van der Waals surface area (Å²) in [4.78, 5) is 0. The van der Waals surface area contributed by atoms with Crippen LogP contribution in [0.2, 0.25) is 0 Å². The van der Waals surface area contributed by atoms with E-state index in [0.29, 0.717) is 0 Å². The minimum atomic E-state index is -1.23. The third-order valence-electron chi connectivity index (χ3n) is 3.25. The maximum Gasteiger partial charge on any atom is 0.208 e. The maximum absolute atomic E-state index is 9.96. The Labute approximate surface area is 123 Å². The van der Waals surface area contributed by atoms with Crippen LogP contribution < -0.4 is 5.46 Å². The van der Waals surface area contributed by atoms with Crippen molar-refractivity contribution in [1.82, 2.24) is 0 Å². The molecule has 9 N–H and O–H groups in total. The van der Waals surface area contributed by atoms with Crippen molar-refractivity contribution in [2.75, 3.05) is 0 Å². The van der Waals surface area contributed by atoms with Gasteiger partial charge in [0.15, 0.2) is 23.0 Å². The second-order valence-electron chi connectivity index (χ2n) is 4.51. The predicted octanol–water partition coefficient (Wildman–Crippen LogP) is -1.04. The summed E-state index contributed by atoms with van der Waals surface area (Å²) < 4.78 is 0. The van der Waals surface area contributed by atoms with Crippen molar-refractivity contribution >= 4 is 13.3 Å². The van der Waals surface area contributed by atoms with Crippen molar-refractivity contribution in [3.8, 4) is 62.9 Å². The summed E-state index contributed by atoms with van der Waals surface area (Å²) in [6.07, 6.45) is 0. The molecule has 0 heterocycles. The highest BCUT2D eigenvalue weighted by molar-refractivity contribution is 6.37. The smallest absolute Gasteiger partial charge is 0.208 e. The molecule has 0 spiro atoms. The first-order chi connectivity index (χ1) is 10.1. The van der Waals surface area contributed by atoms with E-state index in [9.17, 15) is 46.0 Å². The van der Waals surface area contributed by atoms with Crippen molar-refractivity contribution in [1.29, 1.82) is 0 Å². The second kappa shape index (κ2) is 4.62. The lowest BCUT2D eigenvalue weighted by molar-refractivity contribution is 0.329. The topological polar surface area (TPSA) is 182 Å². The molecule has 22 heavy (non-hydrogen) atoms. The van der Waals surface area contributed by atoms with Gasteiger partial charge in [-0.2, -0.15) is 0 Å². The molecule has 9 nitrogen and oxygen atoms in total. The summed E-state index contributed by atoms with van der Waals surface area (Å²) in [5.74, 6) is -9.91. The molecular weight excluding hydrogens is 299 g/mol. The van der Waals surface area contributed by atoms with E-state index in [-0.39, 0.29) is 5.46 Å². The zero-order valence-electron chi connectivity index (χ0n) is 11.0. The lowest BCUT2D eigenvalue weighted by atomic mass is 9.87. The predicted molar refractivity (Wildman–Crippen MR) is 75.0 cm³/mol. The molecule has 0 aromatic heterocycles. The van der Waals surface area contributed by atoms with Crippen molar-refractivity contribution in [2.24, 2.45) is 0 Å². The molecule has 116 valence electrons. The molecule has 10 heteroatoms. The molecule has 0 aliphatic carbocycles. The molecule has 0 bridgehead atoms. The number of benzene rings is 2. The van der Waals surface area contributed by atoms with Crippen LogP contribution in [-0.2, 0) is 0 Å². The first-order valence-electron chi connectivity index (χ1n) is 5.76. The summed E-state index contributed by atoms with van der Waals surface area (Å²) in [6.45, 7) is 0. The Kier molecular flexibility index (Phi) is 3.17. The highest BCUT2D eigenvalue weighted by atomic mass is 16.4. The second-order valence-corrected chi connectivity index (χ2v) is 4.51. The minimum Gasteiger partial charge on any atom is -0.508 e. The van der Waals surface area contributed by atoms with E-state index in [4.69, 9.17) is 0 Å². The van der Waals surface area contributed by atoms with Gasteiger partial charge in [-0.1, -0.05) is 0 Å². The first-order valence-corrected chi connectivity index (χ1v) is 5.76. The fourth-order valence-corrected chi connectivity index (χ4v) is 1.98. The van der Waals surface area contributed by atoms with E-state index < -0.39 is 62.9 Å². The summed E-state index contributed by atoms with van der Waals surface area (Å²) in [6, 6.07) is 0. The van der Waals surface area contributed by atoms with Gasteiger partial charge in [0.25, 0.3) is 0 Å². The van der Waals surface area contributed by atoms with Crippen LogP contribution in [-0.4, -0.2) is 53.8 Å². The van der Waals surface area contributed by atoms with Crippen LogP contribution in [0.5, 0.6) is 51.7 Å². The number of hydrogen-bond donors (Lipinski definition) is 9. The molecule has 0 aliphatic rings. The Morgan fingerprint density at radius 2 is 0.636 bits per heavy atom. The first kappa shape index (κ1) is 15.1. The Bertz CT molecular complexity index is 675. The van der Waals surface area contributed by atoms with Gasteiger partial charge in [0.2, 0.25) is 23.0 Å². The molecule has 0 saturated carbocycles. The van der Waals surface area contributed by atoms with Crippen LogP contribution >= 0.6 is 0 Å². The monoisotopic (exact) mass is 310 g/mol. The number of rotatable bonds is 1. The largest absolute Gasteiger partial charge is 0.508 e. The third-order valence-corrected chi connectivity index (χ3v) is 3.25. The van der Waals surface area contributed by atoms with Gasteiger partial charge in [0.05, 0.1) is 11.1 Å². The standard InChI is InChI=1S/C12H11BO9/c13-3-4(14)1(5(15)9(19)8(3)18)2-6(16)10(20)12(22)11(21)7(2)17/h14-22H,13H2. The van der Waals surface area contributed by atoms with Crippen LogP contribution in [0.1, 0.15) is 0 Å². The number of aromatic hydroxyl groups is 9. The Morgan fingerprint density at radius 3 is 1.05 bits per heavy atom. The molecule has 0 saturated heterocycles. The van der Waals surface area contributed by atoms with Gasteiger partial charge in [0.1, 0.15) is 13.6 Å². The van der Waals surface area contributed by atoms with E-state index in [1.165, 1.54) is 0 Å². The van der Waals surface area contributed by atoms with E-state index >= 15 is 0 Å². The summed E-state index contributed by atoms with van der Waals surface area (Å²) in [5.41, 5.74) is -1.94. The van der Waals surface area contributed by atoms with Gasteiger partial charge in [-0.05, 0) is 5.46 Å². The van der Waals surface area contributed by atoms with Gasteiger partial charge in [-0.15, -0.1) is 0 Å². The fraction of sp³-hybridized carbons (Fsp3) is 0. The number of hydrogen-bond acceptors (Lipinski definition) is 9. The molecular formula is C12H11BO9. The number of phenolic OH excluding ortho intramolecular Hbond substituents is 9. The number of phenols is 9. The van der Waals surface area contributed by atoms with Crippen molar-refractivity contribution < 1.29 is 46.0 Å². The maximum atomic E-state index is 9.96. The summed E-state index contributed by atoms with van der Waals surface area (Å²) in [7, 11) is 1.15. The van der Waals surface area contributed by atoms with Gasteiger partial charge in [-0.25, -0.2) is 0 Å². The van der Waals surface area contributed by atoms with Crippen molar-refractivity contribution in [3.05, 3.63) is 0 Å². The van der Waals surface area contributed by atoms with Gasteiger partial charge in [-0.3, -0.25) is 0 Å². The quantitative estimate of drug-likeness (QED) is 0.180. The van der Waals surface area contributed by atoms with Crippen molar-refractivity contribution in [2.45, 2.75) is 0 Å². The highest BCUT2D eigenvalue weighted by Gasteiger charge is 2.31. The van der Waals surface area contributed by atoms with Crippen LogP contribution in [0, 0.1) is 0 Å². The fourth-order valence-electron chi connectivity index (χ4n) is 1.98. The average molecular weight is 310 g/mol. The highest BCUT2D eigenvalue weighted by Crippen LogP contribution is 2.59. The SMILES string of the molecule is Bc1c(O)c(O)c(O)c(-c2c(O)c(O)c(O)c(O)c2O)c1O. The Morgan fingerprint density at radius 1 is 0.364 bits per heavy atom. The van der Waals surface area contributed by atoms with Crippen LogP contribution in [0.15, 0.2) is 0 Å². The van der Waals surface area contributed by atoms with Gasteiger partial charge in [0, 0.05) is 0 Å². The lowest BCUT2D eigenvalue weighted by Gasteiger charge is -2.17. The Hall–Kier alpha value is -3.30. The molecule has 0 radical (unpaired) electrons.